The number of hydrogen-bond acceptors (Lipinski definition) is 2. The van der Waals surface area contributed by atoms with Gasteiger partial charge in [-0.1, -0.05) is 0 Å². The fourth-order valence-corrected chi connectivity index (χ4v) is 2.44. The largest absolute Gasteiger partial charge is 0.394 e. The van der Waals surface area contributed by atoms with Crippen LogP contribution in [0.4, 0.5) is 4.39 Å². The minimum atomic E-state index is -0.481. The maximum absolute atomic E-state index is 12.9. The Bertz CT molecular complexity index is 441. The van der Waals surface area contributed by atoms with Crippen LogP contribution in [-0.4, -0.2) is 23.2 Å². The van der Waals surface area contributed by atoms with Crippen molar-refractivity contribution in [2.24, 2.45) is 0 Å². The van der Waals surface area contributed by atoms with Crippen molar-refractivity contribution in [1.82, 2.24) is 5.32 Å². The van der Waals surface area contributed by atoms with E-state index in [1.807, 2.05) is 0 Å². The molecular weight excluding hydrogens is 289 g/mol. The van der Waals surface area contributed by atoms with Crippen molar-refractivity contribution >= 4 is 21.8 Å². The summed E-state index contributed by atoms with van der Waals surface area (Å²) in [6.45, 7) is -0.0580. The quantitative estimate of drug-likeness (QED) is 0.899. The molecule has 0 heterocycles. The number of amides is 1. The molecule has 1 amide bonds. The smallest absolute Gasteiger partial charge is 0.252 e. The molecule has 92 valence electrons. The van der Waals surface area contributed by atoms with Crippen LogP contribution in [0.1, 0.15) is 29.6 Å². The SMILES string of the molecule is O=C(NC1(CO)CCC1)c1ccc(F)cc1Br. The van der Waals surface area contributed by atoms with Gasteiger partial charge in [0.05, 0.1) is 17.7 Å². The third-order valence-electron chi connectivity index (χ3n) is 3.17. The second-order valence-electron chi connectivity index (χ2n) is 4.37. The highest BCUT2D eigenvalue weighted by atomic mass is 79.9. The monoisotopic (exact) mass is 301 g/mol. The van der Waals surface area contributed by atoms with Gasteiger partial charge in [-0.25, -0.2) is 4.39 Å². The van der Waals surface area contributed by atoms with E-state index in [0.29, 0.717) is 10.0 Å². The fraction of sp³-hybridized carbons (Fsp3) is 0.417. The van der Waals surface area contributed by atoms with Crippen LogP contribution in [0.2, 0.25) is 0 Å². The summed E-state index contributed by atoms with van der Waals surface area (Å²) in [5, 5.41) is 12.1. The van der Waals surface area contributed by atoms with Gasteiger partial charge in [0.15, 0.2) is 0 Å². The van der Waals surface area contributed by atoms with Crippen LogP contribution < -0.4 is 5.32 Å². The maximum Gasteiger partial charge on any atom is 0.252 e. The van der Waals surface area contributed by atoms with Crippen molar-refractivity contribution < 1.29 is 14.3 Å². The van der Waals surface area contributed by atoms with Crippen LogP contribution in [0.15, 0.2) is 22.7 Å². The fourth-order valence-electron chi connectivity index (χ4n) is 1.91. The van der Waals surface area contributed by atoms with Gasteiger partial charge in [-0.05, 0) is 53.4 Å². The van der Waals surface area contributed by atoms with E-state index in [-0.39, 0.29) is 12.5 Å². The lowest BCUT2D eigenvalue weighted by molar-refractivity contribution is 0.0641. The minimum absolute atomic E-state index is 0.0580. The first-order valence-electron chi connectivity index (χ1n) is 5.45. The Morgan fingerprint density at radius 3 is 2.71 bits per heavy atom. The first-order chi connectivity index (χ1) is 8.06. The number of benzene rings is 1. The molecule has 0 aliphatic heterocycles. The van der Waals surface area contributed by atoms with E-state index in [1.54, 1.807) is 0 Å². The average Bonchev–Trinajstić information content (AvgIpc) is 2.23. The molecule has 0 bridgehead atoms. The Balaban J connectivity index is 2.14. The standard InChI is InChI=1S/C12H13BrFNO2/c13-10-6-8(14)2-3-9(10)11(17)15-12(7-16)4-1-5-12/h2-3,6,16H,1,4-5,7H2,(H,15,17). The predicted octanol–water partition coefficient (Wildman–Crippen LogP) is 2.23. The van der Waals surface area contributed by atoms with E-state index < -0.39 is 11.4 Å². The number of aliphatic hydroxyl groups excluding tert-OH is 1. The lowest BCUT2D eigenvalue weighted by atomic mass is 9.77. The van der Waals surface area contributed by atoms with E-state index in [0.717, 1.165) is 19.3 Å². The van der Waals surface area contributed by atoms with Crippen LogP contribution in [0.25, 0.3) is 0 Å². The first-order valence-corrected chi connectivity index (χ1v) is 6.24. The zero-order valence-electron chi connectivity index (χ0n) is 9.17. The van der Waals surface area contributed by atoms with Gasteiger partial charge in [-0.2, -0.15) is 0 Å². The topological polar surface area (TPSA) is 49.3 Å². The van der Waals surface area contributed by atoms with Crippen molar-refractivity contribution in [1.29, 1.82) is 0 Å². The molecule has 1 aromatic rings. The summed E-state index contributed by atoms with van der Waals surface area (Å²) in [6.07, 6.45) is 2.58. The van der Waals surface area contributed by atoms with Crippen molar-refractivity contribution in [3.8, 4) is 0 Å². The normalized spacial score (nSPS) is 17.4. The summed E-state index contributed by atoms with van der Waals surface area (Å²) in [7, 11) is 0. The number of rotatable bonds is 3. The van der Waals surface area contributed by atoms with Gasteiger partial charge in [0.25, 0.3) is 5.91 Å². The Morgan fingerprint density at radius 2 is 2.24 bits per heavy atom. The highest BCUT2D eigenvalue weighted by Crippen LogP contribution is 2.32. The van der Waals surface area contributed by atoms with Crippen molar-refractivity contribution in [3.63, 3.8) is 0 Å². The highest BCUT2D eigenvalue weighted by molar-refractivity contribution is 9.10. The molecule has 0 spiro atoms. The van der Waals surface area contributed by atoms with Gasteiger partial charge in [0, 0.05) is 4.47 Å². The molecule has 0 saturated heterocycles. The molecule has 1 fully saturated rings. The molecule has 5 heteroatoms. The zero-order valence-corrected chi connectivity index (χ0v) is 10.8. The van der Waals surface area contributed by atoms with Crippen LogP contribution in [-0.2, 0) is 0 Å². The average molecular weight is 302 g/mol. The van der Waals surface area contributed by atoms with Gasteiger partial charge in [0.2, 0.25) is 0 Å². The second kappa shape index (κ2) is 4.74. The van der Waals surface area contributed by atoms with Crippen LogP contribution in [0.3, 0.4) is 0 Å². The molecule has 3 nitrogen and oxygen atoms in total. The zero-order chi connectivity index (χ0) is 12.5. The molecular formula is C12H13BrFNO2. The third-order valence-corrected chi connectivity index (χ3v) is 3.82. The highest BCUT2D eigenvalue weighted by Gasteiger charge is 2.38. The van der Waals surface area contributed by atoms with Crippen molar-refractivity contribution in [2.75, 3.05) is 6.61 Å². The summed E-state index contributed by atoms with van der Waals surface area (Å²) >= 11 is 3.15. The van der Waals surface area contributed by atoms with E-state index in [2.05, 4.69) is 21.2 Å². The Labute approximate surface area is 107 Å². The Morgan fingerprint density at radius 1 is 1.53 bits per heavy atom. The molecule has 1 aliphatic carbocycles. The van der Waals surface area contributed by atoms with Crippen molar-refractivity contribution in [3.05, 3.63) is 34.1 Å². The molecule has 1 saturated carbocycles. The Kier molecular flexibility index (Phi) is 3.49. The lowest BCUT2D eigenvalue weighted by Crippen LogP contribution is -2.56. The summed E-state index contributed by atoms with van der Waals surface area (Å²) in [6, 6.07) is 3.92. The first kappa shape index (κ1) is 12.5. The van der Waals surface area contributed by atoms with E-state index >= 15 is 0 Å². The number of halogens is 2. The van der Waals surface area contributed by atoms with Gasteiger partial charge in [0.1, 0.15) is 5.82 Å². The number of hydrogen-bond donors (Lipinski definition) is 2. The lowest BCUT2D eigenvalue weighted by Gasteiger charge is -2.41. The predicted molar refractivity (Wildman–Crippen MR) is 65.2 cm³/mol. The summed E-state index contributed by atoms with van der Waals surface area (Å²) in [5.41, 5.74) is -0.101. The van der Waals surface area contributed by atoms with Gasteiger partial charge in [-0.3, -0.25) is 4.79 Å². The molecule has 0 aromatic heterocycles. The molecule has 0 atom stereocenters. The number of carbonyl (C=O) groups is 1. The Hall–Kier alpha value is -0.940. The van der Waals surface area contributed by atoms with E-state index in [1.165, 1.54) is 18.2 Å². The molecule has 0 radical (unpaired) electrons. The molecule has 2 rings (SSSR count). The number of carbonyl (C=O) groups excluding carboxylic acids is 1. The van der Waals surface area contributed by atoms with E-state index in [4.69, 9.17) is 0 Å². The summed E-state index contributed by atoms with van der Waals surface area (Å²) in [4.78, 5) is 12.0. The van der Waals surface area contributed by atoms with Gasteiger partial charge in [-0.15, -0.1) is 0 Å². The number of aliphatic hydroxyl groups is 1. The molecule has 1 aliphatic rings. The minimum Gasteiger partial charge on any atom is -0.394 e. The molecule has 0 unspecified atom stereocenters. The summed E-state index contributed by atoms with van der Waals surface area (Å²) < 4.78 is 13.3. The maximum atomic E-state index is 12.9. The molecule has 2 N–H and O–H groups in total. The molecule has 1 aromatic carbocycles. The van der Waals surface area contributed by atoms with Crippen LogP contribution >= 0.6 is 15.9 Å². The van der Waals surface area contributed by atoms with E-state index in [9.17, 15) is 14.3 Å². The second-order valence-corrected chi connectivity index (χ2v) is 5.22. The van der Waals surface area contributed by atoms with Crippen LogP contribution in [0, 0.1) is 5.82 Å². The summed E-state index contributed by atoms with van der Waals surface area (Å²) in [5.74, 6) is -0.681. The number of nitrogens with one attached hydrogen (secondary N) is 1. The third kappa shape index (κ3) is 2.50. The van der Waals surface area contributed by atoms with Gasteiger partial charge < -0.3 is 10.4 Å². The van der Waals surface area contributed by atoms with Gasteiger partial charge >= 0.3 is 0 Å². The molecule has 17 heavy (non-hydrogen) atoms. The van der Waals surface area contributed by atoms with Crippen LogP contribution in [0.5, 0.6) is 0 Å². The van der Waals surface area contributed by atoms with Crippen molar-refractivity contribution in [2.45, 2.75) is 24.8 Å².